The highest BCUT2D eigenvalue weighted by molar-refractivity contribution is 9.10. The summed E-state index contributed by atoms with van der Waals surface area (Å²) in [5.41, 5.74) is 1.66. The molecule has 4 aliphatic carbocycles. The van der Waals surface area contributed by atoms with Crippen LogP contribution in [-0.2, 0) is 6.54 Å². The lowest BCUT2D eigenvalue weighted by Crippen LogP contribution is -2.58. The van der Waals surface area contributed by atoms with Crippen LogP contribution in [0.3, 0.4) is 0 Å². The zero-order chi connectivity index (χ0) is 16.7. The van der Waals surface area contributed by atoms with Crippen molar-refractivity contribution in [1.82, 2.24) is 5.32 Å². The van der Waals surface area contributed by atoms with Crippen LogP contribution in [0.1, 0.15) is 51.0 Å². The molecule has 0 radical (unpaired) electrons. The second-order valence-corrected chi connectivity index (χ2v) is 8.95. The maximum Gasteiger partial charge on any atom is 0.174 e. The molecule has 0 saturated heterocycles. The summed E-state index contributed by atoms with van der Waals surface area (Å²) >= 11 is 3.63. The molecule has 24 heavy (non-hydrogen) atoms. The van der Waals surface area contributed by atoms with Crippen LogP contribution in [0.15, 0.2) is 16.6 Å². The first-order valence-electron chi connectivity index (χ1n) is 9.35. The van der Waals surface area contributed by atoms with Gasteiger partial charge in [-0.15, -0.1) is 0 Å². The molecule has 0 amide bonds. The molecule has 4 aliphatic rings. The molecule has 1 aromatic carbocycles. The molecular weight excluding hydrogens is 366 g/mol. The van der Waals surface area contributed by atoms with Crippen LogP contribution in [0.4, 0.5) is 0 Å². The van der Waals surface area contributed by atoms with E-state index in [1.165, 1.54) is 44.1 Å². The summed E-state index contributed by atoms with van der Waals surface area (Å²) in [6.45, 7) is 3.57. The van der Waals surface area contributed by atoms with Gasteiger partial charge in [0.1, 0.15) is 0 Å². The summed E-state index contributed by atoms with van der Waals surface area (Å²) in [5.74, 6) is 4.55. The van der Waals surface area contributed by atoms with Gasteiger partial charge in [-0.25, -0.2) is 0 Å². The second-order valence-electron chi connectivity index (χ2n) is 8.09. The van der Waals surface area contributed by atoms with E-state index in [1.54, 1.807) is 7.11 Å². The Hall–Kier alpha value is -0.740. The Morgan fingerprint density at radius 1 is 1.12 bits per heavy atom. The topological polar surface area (TPSA) is 30.5 Å². The summed E-state index contributed by atoms with van der Waals surface area (Å²) in [4.78, 5) is 0. The maximum absolute atomic E-state index is 5.76. The van der Waals surface area contributed by atoms with Crippen molar-refractivity contribution < 1.29 is 9.47 Å². The summed E-state index contributed by atoms with van der Waals surface area (Å²) in [6, 6.07) is 4.29. The van der Waals surface area contributed by atoms with Crippen molar-refractivity contribution in [3.8, 4) is 11.5 Å². The third kappa shape index (κ3) is 3.08. The summed E-state index contributed by atoms with van der Waals surface area (Å²) in [6.07, 6.45) is 8.62. The van der Waals surface area contributed by atoms with Gasteiger partial charge < -0.3 is 14.8 Å². The number of hydrogen-bond donors (Lipinski definition) is 1. The van der Waals surface area contributed by atoms with E-state index in [9.17, 15) is 0 Å². The third-order valence-electron chi connectivity index (χ3n) is 6.28. The first-order valence-corrected chi connectivity index (χ1v) is 10.1. The molecule has 0 heterocycles. The molecule has 1 N–H and O–H groups in total. The number of methoxy groups -OCH3 is 1. The van der Waals surface area contributed by atoms with Crippen LogP contribution in [-0.4, -0.2) is 19.3 Å². The molecule has 4 bridgehead atoms. The van der Waals surface area contributed by atoms with Crippen LogP contribution in [0.25, 0.3) is 0 Å². The van der Waals surface area contributed by atoms with E-state index in [-0.39, 0.29) is 0 Å². The average molecular weight is 394 g/mol. The van der Waals surface area contributed by atoms with Crippen LogP contribution >= 0.6 is 15.9 Å². The number of halogens is 1. The van der Waals surface area contributed by atoms with Gasteiger partial charge in [0.25, 0.3) is 0 Å². The van der Waals surface area contributed by atoms with E-state index in [0.29, 0.717) is 12.1 Å². The zero-order valence-electron chi connectivity index (χ0n) is 14.7. The third-order valence-corrected chi connectivity index (χ3v) is 6.87. The van der Waals surface area contributed by atoms with Crippen LogP contribution < -0.4 is 14.8 Å². The lowest BCUT2D eigenvalue weighted by Gasteiger charge is -2.57. The predicted octanol–water partition coefficient (Wildman–Crippen LogP) is 4.91. The number of rotatable bonds is 6. The molecule has 0 atom stereocenters. The fourth-order valence-corrected chi connectivity index (χ4v) is 6.45. The molecule has 1 aromatic rings. The van der Waals surface area contributed by atoms with Gasteiger partial charge in [-0.1, -0.05) is 0 Å². The molecule has 0 aliphatic heterocycles. The van der Waals surface area contributed by atoms with Gasteiger partial charge in [-0.2, -0.15) is 0 Å². The quantitative estimate of drug-likeness (QED) is 0.743. The second kappa shape index (κ2) is 6.53. The number of benzene rings is 1. The van der Waals surface area contributed by atoms with E-state index in [2.05, 4.69) is 33.4 Å². The molecular formula is C20H28BrNO2. The zero-order valence-corrected chi connectivity index (χ0v) is 16.3. The summed E-state index contributed by atoms with van der Waals surface area (Å²) in [7, 11) is 1.69. The molecule has 0 spiro atoms. The highest BCUT2D eigenvalue weighted by atomic mass is 79.9. The van der Waals surface area contributed by atoms with E-state index in [4.69, 9.17) is 9.47 Å². The Bertz CT molecular complexity index is 581. The van der Waals surface area contributed by atoms with Crippen molar-refractivity contribution in [3.63, 3.8) is 0 Å². The monoisotopic (exact) mass is 393 g/mol. The molecule has 0 unspecified atom stereocenters. The number of hydrogen-bond acceptors (Lipinski definition) is 3. The Balaban J connectivity index is 1.50. The predicted molar refractivity (Wildman–Crippen MR) is 99.6 cm³/mol. The van der Waals surface area contributed by atoms with Crippen molar-refractivity contribution in [2.24, 2.45) is 17.8 Å². The van der Waals surface area contributed by atoms with Crippen molar-refractivity contribution in [2.45, 2.75) is 57.5 Å². The van der Waals surface area contributed by atoms with Crippen molar-refractivity contribution in [1.29, 1.82) is 0 Å². The molecule has 5 rings (SSSR count). The van der Waals surface area contributed by atoms with Crippen LogP contribution in [0.5, 0.6) is 11.5 Å². The highest BCUT2D eigenvalue weighted by Gasteiger charge is 2.50. The van der Waals surface area contributed by atoms with Crippen molar-refractivity contribution in [2.75, 3.05) is 13.7 Å². The Kier molecular flexibility index (Phi) is 4.55. The SMILES string of the molecule is CCOc1cc(CNC23CC4CC(CC(C4)C2)C3)cc(Br)c1OC. The Morgan fingerprint density at radius 3 is 2.29 bits per heavy atom. The lowest BCUT2D eigenvalue weighted by atomic mass is 9.53. The van der Waals surface area contributed by atoms with Crippen molar-refractivity contribution in [3.05, 3.63) is 22.2 Å². The van der Waals surface area contributed by atoms with E-state index >= 15 is 0 Å². The largest absolute Gasteiger partial charge is 0.492 e. The minimum atomic E-state index is 0.396. The average Bonchev–Trinajstić information content (AvgIpc) is 2.52. The standard InChI is InChI=1S/C20H28BrNO2/c1-3-24-18-8-16(7-17(21)19(18)23-2)12-22-20-9-13-4-14(10-20)6-15(5-13)11-20/h7-8,13-15,22H,3-6,9-12H2,1-2H3. The number of ether oxygens (including phenoxy) is 2. The van der Waals surface area contributed by atoms with E-state index < -0.39 is 0 Å². The van der Waals surface area contributed by atoms with E-state index in [0.717, 1.165) is 40.3 Å². The fraction of sp³-hybridized carbons (Fsp3) is 0.700. The van der Waals surface area contributed by atoms with Crippen LogP contribution in [0, 0.1) is 17.8 Å². The van der Waals surface area contributed by atoms with Crippen molar-refractivity contribution >= 4 is 15.9 Å². The van der Waals surface area contributed by atoms with Gasteiger partial charge in [0.15, 0.2) is 11.5 Å². The Labute approximate surface area is 153 Å². The molecule has 0 aromatic heterocycles. The van der Waals surface area contributed by atoms with Gasteiger partial charge in [-0.05, 0) is 96.8 Å². The van der Waals surface area contributed by atoms with Gasteiger partial charge in [-0.3, -0.25) is 0 Å². The number of nitrogens with one attached hydrogen (secondary N) is 1. The molecule has 4 fully saturated rings. The Morgan fingerprint density at radius 2 is 1.75 bits per heavy atom. The van der Waals surface area contributed by atoms with Gasteiger partial charge >= 0.3 is 0 Å². The summed E-state index contributed by atoms with van der Waals surface area (Å²) in [5, 5.41) is 3.96. The minimum absolute atomic E-state index is 0.396. The smallest absolute Gasteiger partial charge is 0.174 e. The normalized spacial score (nSPS) is 33.7. The summed E-state index contributed by atoms with van der Waals surface area (Å²) < 4.78 is 12.2. The fourth-order valence-electron chi connectivity index (χ4n) is 5.80. The molecule has 4 heteroatoms. The lowest BCUT2D eigenvalue weighted by molar-refractivity contribution is -0.0206. The minimum Gasteiger partial charge on any atom is -0.492 e. The van der Waals surface area contributed by atoms with Gasteiger partial charge in [0.05, 0.1) is 18.2 Å². The maximum atomic E-state index is 5.76. The van der Waals surface area contributed by atoms with Gasteiger partial charge in [0.2, 0.25) is 0 Å². The molecule has 3 nitrogen and oxygen atoms in total. The molecule has 132 valence electrons. The molecule has 4 saturated carbocycles. The first-order chi connectivity index (χ1) is 11.6. The van der Waals surface area contributed by atoms with Gasteiger partial charge in [0, 0.05) is 12.1 Å². The van der Waals surface area contributed by atoms with Crippen LogP contribution in [0.2, 0.25) is 0 Å². The first kappa shape index (κ1) is 16.7. The highest BCUT2D eigenvalue weighted by Crippen LogP contribution is 2.55. The van der Waals surface area contributed by atoms with E-state index in [1.807, 2.05) is 6.92 Å².